The van der Waals surface area contributed by atoms with Crippen molar-refractivity contribution in [1.82, 2.24) is 0 Å². The summed E-state index contributed by atoms with van der Waals surface area (Å²) in [6, 6.07) is -0.977. The summed E-state index contributed by atoms with van der Waals surface area (Å²) in [6.07, 6.45) is 0. The minimum absolute atomic E-state index is 0. The van der Waals surface area contributed by atoms with Gasteiger partial charge in [-0.1, -0.05) is 0 Å². The van der Waals surface area contributed by atoms with Crippen LogP contribution in [0.2, 0.25) is 0 Å². The summed E-state index contributed by atoms with van der Waals surface area (Å²) in [6.45, 7) is 6.85. The van der Waals surface area contributed by atoms with Gasteiger partial charge in [0.2, 0.25) is 0 Å². The maximum absolute atomic E-state index is 11.6. The third-order valence-electron chi connectivity index (χ3n) is 3.41. The van der Waals surface area contributed by atoms with Crippen LogP contribution in [-0.2, 0) is 25.9 Å². The molecular weight excluding hydrogens is 481 g/mol. The third-order valence-corrected chi connectivity index (χ3v) is 3.64. The summed E-state index contributed by atoms with van der Waals surface area (Å²) in [5, 5.41) is 16.7. The Labute approximate surface area is 147 Å². The molecule has 7 nitrogen and oxygen atoms in total. The van der Waals surface area contributed by atoms with Crippen molar-refractivity contribution in [2.75, 3.05) is 11.2 Å². The molecule has 1 aromatic carbocycles. The van der Waals surface area contributed by atoms with E-state index in [1.54, 1.807) is 27.7 Å². The number of carbonyl (C=O) groups excluding carboxylic acids is 2. The first-order valence-corrected chi connectivity index (χ1v) is 6.60. The predicted molar refractivity (Wildman–Crippen MR) is 80.1 cm³/mol. The number of nitrogens with one attached hydrogen (secondary N) is 1. The molecule has 0 spiro atoms. The molecule has 0 aliphatic carbocycles. The van der Waals surface area contributed by atoms with E-state index in [4.69, 9.17) is 11.6 Å². The van der Waals surface area contributed by atoms with E-state index in [0.29, 0.717) is 11.1 Å². The molecule has 22 heavy (non-hydrogen) atoms. The second-order valence-corrected chi connectivity index (χ2v) is 4.82. The van der Waals surface area contributed by atoms with Crippen molar-refractivity contribution in [1.29, 1.82) is 0 Å². The fraction of sp³-hybridized carbons (Fsp3) is 0.385. The van der Waals surface area contributed by atoms with Crippen molar-refractivity contribution in [3.63, 3.8) is 0 Å². The van der Waals surface area contributed by atoms with Gasteiger partial charge in [0.15, 0.2) is 11.9 Å². The number of alkyl halides is 1. The first-order chi connectivity index (χ1) is 9.70. The van der Waals surface area contributed by atoms with Crippen LogP contribution in [0.5, 0.6) is 0 Å². The Morgan fingerprint density at radius 3 is 2.09 bits per heavy atom. The summed E-state index contributed by atoms with van der Waals surface area (Å²) in [4.78, 5) is 33.3. The molecule has 1 rings (SSSR count). The Hall–Kier alpha value is -1.46. The van der Waals surface area contributed by atoms with Crippen LogP contribution in [0.25, 0.3) is 5.32 Å². The quantitative estimate of drug-likeness (QED) is 0.393. The average Bonchev–Trinajstić information content (AvgIpc) is 2.41. The van der Waals surface area contributed by atoms with E-state index in [9.17, 15) is 19.7 Å². The molecule has 0 fully saturated rings. The van der Waals surface area contributed by atoms with Gasteiger partial charge in [-0.15, -0.1) is 11.6 Å². The molecule has 0 aliphatic rings. The van der Waals surface area contributed by atoms with Crippen molar-refractivity contribution in [3.8, 4) is 0 Å². The summed E-state index contributed by atoms with van der Waals surface area (Å²) in [5.74, 6) is -1.24. The number of imide groups is 1. The number of hydrogen-bond donors (Lipinski definition) is 1. The molecule has 1 N–H and O–H groups in total. The van der Waals surface area contributed by atoms with E-state index in [1.807, 2.05) is 0 Å². The largest absolute Gasteiger partial charge is 0.418 e. The number of urea groups is 1. The van der Waals surface area contributed by atoms with E-state index in [0.717, 1.165) is 11.1 Å². The molecular formula is C13H15ClN3O4W-. The molecule has 0 aliphatic heterocycles. The van der Waals surface area contributed by atoms with Crippen molar-refractivity contribution in [2.45, 2.75) is 27.7 Å². The zero-order valence-electron chi connectivity index (χ0n) is 12.5. The first kappa shape index (κ1) is 20.5. The van der Waals surface area contributed by atoms with Gasteiger partial charge in [0.25, 0.3) is 5.69 Å². The molecule has 1 aromatic rings. The van der Waals surface area contributed by atoms with Crippen molar-refractivity contribution < 1.29 is 35.6 Å². The Balaban J connectivity index is 0.00000441. The molecule has 0 atom stereocenters. The number of benzene rings is 1. The van der Waals surface area contributed by atoms with E-state index >= 15 is 0 Å². The Kier molecular flexibility index (Phi) is 7.70. The van der Waals surface area contributed by atoms with E-state index in [1.165, 1.54) is 0 Å². The number of carbonyl (C=O) groups is 2. The van der Waals surface area contributed by atoms with E-state index < -0.39 is 22.7 Å². The number of nitro groups is 1. The molecule has 120 valence electrons. The predicted octanol–water partition coefficient (Wildman–Crippen LogP) is 3.50. The van der Waals surface area contributed by atoms with E-state index in [-0.39, 0.29) is 32.4 Å². The second-order valence-electron chi connectivity index (χ2n) is 4.55. The smallest absolute Gasteiger partial charge is 0.276 e. The van der Waals surface area contributed by atoms with Gasteiger partial charge >= 0.3 is 0 Å². The molecule has 0 aromatic heterocycles. The fourth-order valence-electron chi connectivity index (χ4n) is 1.95. The molecule has 0 unspecified atom stereocenters. The number of rotatable bonds is 3. The normalized spacial score (nSPS) is 9.68. The summed E-state index contributed by atoms with van der Waals surface area (Å²) in [7, 11) is 0. The van der Waals surface area contributed by atoms with Crippen LogP contribution in [-0.4, -0.2) is 22.7 Å². The standard InChI is InChI=1S/C13H16ClN3O4.W/c1-6-7(2)9(4)12(17(20)21)11(8(6)3)16-13(19)15-10(18)5-14;/h5H2,1-4H3,(H2,15,16,18,19);/p-1. The number of nitrogens with zero attached hydrogens (tertiary/aromatic N) is 2. The third kappa shape index (κ3) is 4.27. The zero-order chi connectivity index (χ0) is 16.3. The summed E-state index contributed by atoms with van der Waals surface area (Å²) in [5.41, 5.74) is 2.49. The second kappa shape index (κ2) is 8.24. The van der Waals surface area contributed by atoms with Gasteiger partial charge in [0.05, 0.1) is 10.8 Å². The number of hydrogen-bond acceptors (Lipinski definition) is 4. The van der Waals surface area contributed by atoms with Crippen molar-refractivity contribution >= 4 is 34.9 Å². The van der Waals surface area contributed by atoms with Crippen molar-refractivity contribution in [2.24, 2.45) is 0 Å². The molecule has 9 heteroatoms. The van der Waals surface area contributed by atoms with Gasteiger partial charge in [-0.25, -0.2) is 0 Å². The van der Waals surface area contributed by atoms with Gasteiger partial charge in [-0.2, -0.15) is 0 Å². The molecule has 0 saturated heterocycles. The molecule has 0 radical (unpaired) electrons. The number of amides is 3. The van der Waals surface area contributed by atoms with E-state index in [2.05, 4.69) is 10.6 Å². The van der Waals surface area contributed by atoms with Crippen LogP contribution < -0.4 is 5.32 Å². The molecule has 0 bridgehead atoms. The van der Waals surface area contributed by atoms with Crippen molar-refractivity contribution in [3.05, 3.63) is 37.7 Å². The molecule has 0 heterocycles. The van der Waals surface area contributed by atoms with Crippen LogP contribution >= 0.6 is 11.6 Å². The summed E-state index contributed by atoms with van der Waals surface area (Å²) < 4.78 is 0. The van der Waals surface area contributed by atoms with Gasteiger partial charge < -0.3 is 10.6 Å². The Morgan fingerprint density at radius 1 is 1.14 bits per heavy atom. The van der Waals surface area contributed by atoms with Gasteiger partial charge in [-0.3, -0.25) is 19.7 Å². The number of halogens is 1. The van der Waals surface area contributed by atoms with Crippen LogP contribution in [0, 0.1) is 37.8 Å². The van der Waals surface area contributed by atoms with Gasteiger partial charge in [-0.05, 0) is 44.4 Å². The van der Waals surface area contributed by atoms with Crippen LogP contribution in [0.4, 0.5) is 16.2 Å². The average molecular weight is 497 g/mol. The Morgan fingerprint density at radius 2 is 1.64 bits per heavy atom. The molecule has 3 amide bonds. The zero-order valence-corrected chi connectivity index (χ0v) is 16.2. The summed E-state index contributed by atoms with van der Waals surface area (Å²) >= 11 is 5.25. The SMILES string of the molecule is Cc1c(C)c(C)c([N+](=O)[O-])c(NC(=O)[N-]C(=O)CCl)c1C.[W]. The van der Waals surface area contributed by atoms with Crippen LogP contribution in [0.1, 0.15) is 22.3 Å². The first-order valence-electron chi connectivity index (χ1n) is 6.07. The van der Waals surface area contributed by atoms with Crippen LogP contribution in [0.15, 0.2) is 0 Å². The van der Waals surface area contributed by atoms with Gasteiger partial charge in [0, 0.05) is 32.3 Å². The van der Waals surface area contributed by atoms with Crippen LogP contribution in [0.3, 0.4) is 0 Å². The maximum atomic E-state index is 11.6. The Bertz CT molecular complexity index is 634. The maximum Gasteiger partial charge on any atom is 0.276 e. The topological polar surface area (TPSA) is 103 Å². The minimum atomic E-state index is -0.977. The fourth-order valence-corrected chi connectivity index (χ4v) is 2.01. The number of nitro benzene ring substituents is 1. The molecule has 0 saturated carbocycles. The van der Waals surface area contributed by atoms with Gasteiger partial charge in [0.1, 0.15) is 0 Å². The number of anilines is 1. The minimum Gasteiger partial charge on any atom is -0.418 e. The monoisotopic (exact) mass is 496 g/mol.